The Morgan fingerprint density at radius 3 is 2.10 bits per heavy atom. The first kappa shape index (κ1) is 19.2. The summed E-state index contributed by atoms with van der Waals surface area (Å²) >= 11 is 0. The highest BCUT2D eigenvalue weighted by molar-refractivity contribution is 5.81. The van der Waals surface area contributed by atoms with E-state index < -0.39 is 11.8 Å². The molecular formula is C23H19F3N2O. The number of fused-ring (bicyclic) bond motifs is 1. The molecule has 4 rings (SSSR count). The van der Waals surface area contributed by atoms with Crippen molar-refractivity contribution in [3.63, 3.8) is 0 Å². The third-order valence-electron chi connectivity index (χ3n) is 5.04. The second-order valence-electron chi connectivity index (χ2n) is 7.25. The van der Waals surface area contributed by atoms with Crippen molar-refractivity contribution < 1.29 is 18.3 Å². The zero-order valence-corrected chi connectivity index (χ0v) is 15.9. The smallest absolute Gasteiger partial charge is 0.372 e. The maximum Gasteiger partial charge on any atom is 0.425 e. The second-order valence-corrected chi connectivity index (χ2v) is 7.25. The van der Waals surface area contributed by atoms with Crippen LogP contribution in [-0.2, 0) is 5.60 Å². The Hall–Kier alpha value is -3.12. The fraction of sp³-hybridized carbons (Fsp3) is 0.174. The summed E-state index contributed by atoms with van der Waals surface area (Å²) in [6.07, 6.45) is -3.39. The van der Waals surface area contributed by atoms with E-state index in [0.717, 1.165) is 5.69 Å². The van der Waals surface area contributed by atoms with Gasteiger partial charge in [0, 0.05) is 5.39 Å². The van der Waals surface area contributed by atoms with E-state index in [0.29, 0.717) is 22.0 Å². The molecule has 1 unspecified atom stereocenters. The number of aliphatic hydroxyl groups is 1. The predicted molar refractivity (Wildman–Crippen MR) is 106 cm³/mol. The van der Waals surface area contributed by atoms with Gasteiger partial charge in [0.2, 0.25) is 5.60 Å². The number of para-hydroxylation sites is 1. The maximum atomic E-state index is 14.1. The Labute approximate surface area is 166 Å². The van der Waals surface area contributed by atoms with Crippen LogP contribution in [0.3, 0.4) is 0 Å². The lowest BCUT2D eigenvalue weighted by Gasteiger charge is -2.32. The first-order valence-electron chi connectivity index (χ1n) is 9.12. The van der Waals surface area contributed by atoms with Crippen LogP contribution in [0.25, 0.3) is 16.6 Å². The number of aromatic nitrogens is 2. The lowest BCUT2D eigenvalue weighted by Crippen LogP contribution is -2.43. The second kappa shape index (κ2) is 6.74. The Morgan fingerprint density at radius 1 is 0.828 bits per heavy atom. The highest BCUT2D eigenvalue weighted by atomic mass is 19.4. The number of aryl methyl sites for hydroxylation is 2. The Kier molecular flexibility index (Phi) is 4.46. The van der Waals surface area contributed by atoms with Gasteiger partial charge in [-0.2, -0.15) is 18.3 Å². The van der Waals surface area contributed by atoms with Crippen molar-refractivity contribution in [3.05, 3.63) is 95.2 Å². The van der Waals surface area contributed by atoms with Crippen LogP contribution < -0.4 is 0 Å². The normalized spacial score (nSPS) is 14.1. The number of benzene rings is 3. The molecule has 0 aliphatic heterocycles. The summed E-state index contributed by atoms with van der Waals surface area (Å²) in [6, 6.07) is 18.1. The maximum absolute atomic E-state index is 14.1. The Bertz CT molecular complexity index is 1160. The first-order chi connectivity index (χ1) is 13.7. The molecule has 0 saturated carbocycles. The molecule has 3 aromatic carbocycles. The van der Waals surface area contributed by atoms with E-state index in [9.17, 15) is 18.3 Å². The standard InChI is InChI=1S/C23H19F3N2O/c1-15-10-16(2)12-19(11-15)22(29,23(24,25)26)18-8-9-21-17(13-18)14-27-28(21)20-6-4-3-5-7-20/h3-14,29H,1-2H3. The molecule has 0 spiro atoms. The number of hydrogen-bond donors (Lipinski definition) is 1. The van der Waals surface area contributed by atoms with Gasteiger partial charge in [0.05, 0.1) is 17.4 Å². The molecule has 1 aromatic heterocycles. The summed E-state index contributed by atoms with van der Waals surface area (Å²) in [4.78, 5) is 0. The van der Waals surface area contributed by atoms with Crippen LogP contribution in [0.2, 0.25) is 0 Å². The highest BCUT2D eigenvalue weighted by Crippen LogP contribution is 2.45. The van der Waals surface area contributed by atoms with E-state index in [1.54, 1.807) is 30.7 Å². The fourth-order valence-corrected chi connectivity index (χ4v) is 3.71. The monoisotopic (exact) mass is 396 g/mol. The van der Waals surface area contributed by atoms with Gasteiger partial charge in [0.25, 0.3) is 0 Å². The van der Waals surface area contributed by atoms with Gasteiger partial charge >= 0.3 is 6.18 Å². The number of rotatable bonds is 3. The van der Waals surface area contributed by atoms with E-state index in [1.807, 2.05) is 30.3 Å². The van der Waals surface area contributed by atoms with Gasteiger partial charge in [0.15, 0.2) is 0 Å². The molecule has 4 aromatic rings. The number of alkyl halides is 3. The number of halogens is 3. The molecule has 0 saturated heterocycles. The van der Waals surface area contributed by atoms with Crippen LogP contribution in [0, 0.1) is 13.8 Å². The molecule has 1 N–H and O–H groups in total. The average Bonchev–Trinajstić information content (AvgIpc) is 3.09. The molecular weight excluding hydrogens is 377 g/mol. The average molecular weight is 396 g/mol. The van der Waals surface area contributed by atoms with Crippen LogP contribution >= 0.6 is 0 Å². The van der Waals surface area contributed by atoms with Gasteiger partial charge in [-0.1, -0.05) is 53.6 Å². The minimum atomic E-state index is -4.89. The number of nitrogens with zero attached hydrogens (tertiary/aromatic N) is 2. The van der Waals surface area contributed by atoms with Crippen LogP contribution in [0.1, 0.15) is 22.3 Å². The quantitative estimate of drug-likeness (QED) is 0.501. The summed E-state index contributed by atoms with van der Waals surface area (Å²) in [5.74, 6) is 0. The molecule has 6 heteroatoms. The lowest BCUT2D eigenvalue weighted by molar-refractivity contribution is -0.248. The van der Waals surface area contributed by atoms with Gasteiger partial charge in [-0.3, -0.25) is 0 Å². The highest BCUT2D eigenvalue weighted by Gasteiger charge is 2.56. The van der Waals surface area contributed by atoms with Crippen molar-refractivity contribution in [2.75, 3.05) is 0 Å². The van der Waals surface area contributed by atoms with E-state index >= 15 is 0 Å². The Morgan fingerprint density at radius 2 is 1.48 bits per heavy atom. The molecule has 0 aliphatic rings. The van der Waals surface area contributed by atoms with E-state index in [-0.39, 0.29) is 11.1 Å². The zero-order chi connectivity index (χ0) is 20.8. The topological polar surface area (TPSA) is 38.1 Å². The van der Waals surface area contributed by atoms with Gasteiger partial charge in [-0.15, -0.1) is 0 Å². The minimum absolute atomic E-state index is 0.197. The predicted octanol–water partition coefficient (Wildman–Crippen LogP) is 5.44. The van der Waals surface area contributed by atoms with Crippen molar-refractivity contribution in [1.82, 2.24) is 9.78 Å². The summed E-state index contributed by atoms with van der Waals surface area (Å²) in [5.41, 5.74) is -0.790. The summed E-state index contributed by atoms with van der Waals surface area (Å²) in [6.45, 7) is 3.42. The lowest BCUT2D eigenvalue weighted by atomic mass is 9.84. The van der Waals surface area contributed by atoms with Crippen LogP contribution in [0.15, 0.2) is 72.9 Å². The molecule has 1 heterocycles. The first-order valence-corrected chi connectivity index (χ1v) is 9.12. The summed E-state index contributed by atoms with van der Waals surface area (Å²) in [7, 11) is 0. The van der Waals surface area contributed by atoms with Gasteiger partial charge in [-0.05, 0) is 49.2 Å². The SMILES string of the molecule is Cc1cc(C)cc(C(O)(c2ccc3c(cnn3-c3ccccc3)c2)C(F)(F)F)c1. The van der Waals surface area contributed by atoms with Gasteiger partial charge < -0.3 is 5.11 Å². The minimum Gasteiger partial charge on any atom is -0.372 e. The molecule has 29 heavy (non-hydrogen) atoms. The molecule has 0 aliphatic carbocycles. The van der Waals surface area contributed by atoms with Crippen molar-refractivity contribution >= 4 is 10.9 Å². The summed E-state index contributed by atoms with van der Waals surface area (Å²) < 4.78 is 44.1. The van der Waals surface area contributed by atoms with Gasteiger partial charge in [0.1, 0.15) is 0 Å². The Balaban J connectivity index is 1.90. The van der Waals surface area contributed by atoms with Crippen LogP contribution in [-0.4, -0.2) is 21.1 Å². The van der Waals surface area contributed by atoms with Crippen molar-refractivity contribution in [1.29, 1.82) is 0 Å². The molecule has 0 fully saturated rings. The molecule has 0 radical (unpaired) electrons. The third-order valence-corrected chi connectivity index (χ3v) is 5.04. The van der Waals surface area contributed by atoms with E-state index in [2.05, 4.69) is 5.10 Å². The molecule has 0 bridgehead atoms. The summed E-state index contributed by atoms with van der Waals surface area (Å²) in [5, 5.41) is 15.8. The largest absolute Gasteiger partial charge is 0.425 e. The molecule has 1 atom stereocenters. The molecule has 3 nitrogen and oxygen atoms in total. The van der Waals surface area contributed by atoms with Gasteiger partial charge in [-0.25, -0.2) is 4.68 Å². The van der Waals surface area contributed by atoms with Crippen molar-refractivity contribution in [3.8, 4) is 5.69 Å². The van der Waals surface area contributed by atoms with Crippen LogP contribution in [0.4, 0.5) is 13.2 Å². The van der Waals surface area contributed by atoms with E-state index in [4.69, 9.17) is 0 Å². The van der Waals surface area contributed by atoms with Crippen molar-refractivity contribution in [2.24, 2.45) is 0 Å². The molecule has 0 amide bonds. The van der Waals surface area contributed by atoms with Crippen molar-refractivity contribution in [2.45, 2.75) is 25.6 Å². The number of hydrogen-bond acceptors (Lipinski definition) is 2. The zero-order valence-electron chi connectivity index (χ0n) is 15.9. The fourth-order valence-electron chi connectivity index (χ4n) is 3.71. The van der Waals surface area contributed by atoms with E-state index in [1.165, 1.54) is 30.5 Å². The van der Waals surface area contributed by atoms with Crippen LogP contribution in [0.5, 0.6) is 0 Å². The molecule has 148 valence electrons. The third kappa shape index (κ3) is 3.19.